The number of nitrogens with zero attached hydrogens (tertiary/aromatic N) is 6. The second-order valence-electron chi connectivity index (χ2n) is 6.38. The van der Waals surface area contributed by atoms with Gasteiger partial charge in [0.25, 0.3) is 0 Å². The molecule has 5 aromatic heterocycles. The van der Waals surface area contributed by atoms with Crippen LogP contribution in [0.5, 0.6) is 0 Å². The summed E-state index contributed by atoms with van der Waals surface area (Å²) in [6, 6.07) is 5.04. The third kappa shape index (κ3) is 2.21. The number of anilines is 1. The minimum atomic E-state index is -1.30. The van der Waals surface area contributed by atoms with E-state index in [0.717, 1.165) is 0 Å². The van der Waals surface area contributed by atoms with Crippen LogP contribution in [-0.4, -0.2) is 25.4 Å². The lowest BCUT2D eigenvalue weighted by Gasteiger charge is -2.36. The predicted octanol–water partition coefficient (Wildman–Crippen LogP) is 2.85. The number of hydrogen-bond donors (Lipinski definition) is 0. The summed E-state index contributed by atoms with van der Waals surface area (Å²) in [5.74, 6) is 0.954. The number of hydrogen-bond acceptors (Lipinski definition) is 12. The Hall–Kier alpha value is -4.19. The van der Waals surface area contributed by atoms with E-state index in [1.165, 1.54) is 43.7 Å². The zero-order valence-electron chi connectivity index (χ0n) is 15.1. The molecule has 5 aromatic rings. The highest BCUT2D eigenvalue weighted by Crippen LogP contribution is 2.57. The molecule has 0 bridgehead atoms. The second kappa shape index (κ2) is 6.42. The maximum Gasteiger partial charge on any atom is 0.245 e. The number of aromatic nitrogens is 5. The molecule has 1 saturated heterocycles. The molecule has 0 N–H and O–H groups in total. The third-order valence-corrected chi connectivity index (χ3v) is 4.91. The molecule has 30 heavy (non-hydrogen) atoms. The molecule has 0 spiro atoms. The Bertz CT molecular complexity index is 1150. The van der Waals surface area contributed by atoms with Crippen molar-refractivity contribution >= 4 is 5.82 Å². The molecule has 0 aromatic carbocycles. The fraction of sp³-hybridized carbons (Fsp3) is 0.167. The van der Waals surface area contributed by atoms with Crippen molar-refractivity contribution in [1.82, 2.24) is 25.4 Å². The summed E-state index contributed by atoms with van der Waals surface area (Å²) in [5, 5.41) is 12.4. The first-order valence-electron chi connectivity index (χ1n) is 8.84. The molecule has 0 amide bonds. The summed E-state index contributed by atoms with van der Waals surface area (Å²) in [5.41, 5.74) is -0.391. The lowest BCUT2D eigenvalue weighted by atomic mass is 9.85. The topological polar surface area (TPSA) is 143 Å². The first-order chi connectivity index (χ1) is 14.9. The van der Waals surface area contributed by atoms with Gasteiger partial charge >= 0.3 is 0 Å². The molecule has 0 radical (unpaired) electrons. The lowest BCUT2D eigenvalue weighted by Crippen LogP contribution is -2.47. The van der Waals surface area contributed by atoms with Gasteiger partial charge < -0.3 is 27.1 Å². The summed E-state index contributed by atoms with van der Waals surface area (Å²) in [4.78, 5) is 10.5. The van der Waals surface area contributed by atoms with E-state index in [4.69, 9.17) is 27.1 Å². The minimum Gasteiger partial charge on any atom is -0.446 e. The van der Waals surface area contributed by atoms with E-state index < -0.39 is 17.9 Å². The molecule has 150 valence electrons. The highest BCUT2D eigenvalue weighted by atomic mass is 16.6. The summed E-state index contributed by atoms with van der Waals surface area (Å²) in [6.45, 7) is 0. The molecular weight excluding hydrogens is 396 g/mol. The van der Waals surface area contributed by atoms with Crippen molar-refractivity contribution in [2.45, 2.75) is 17.9 Å². The average molecular weight is 408 g/mol. The van der Waals surface area contributed by atoms with E-state index >= 15 is 0 Å². The van der Waals surface area contributed by atoms with Gasteiger partial charge in [0.1, 0.15) is 48.8 Å². The van der Waals surface area contributed by atoms with Crippen LogP contribution in [0.25, 0.3) is 0 Å². The van der Waals surface area contributed by atoms with Gasteiger partial charge in [-0.15, -0.1) is 0 Å². The Kier molecular flexibility index (Phi) is 3.58. The molecule has 12 nitrogen and oxygen atoms in total. The molecule has 0 saturated carbocycles. The van der Waals surface area contributed by atoms with Crippen LogP contribution in [0.2, 0.25) is 0 Å². The minimum absolute atomic E-state index is 0.265. The van der Waals surface area contributed by atoms with Gasteiger partial charge in [-0.1, -0.05) is 15.5 Å². The Morgan fingerprint density at radius 1 is 0.800 bits per heavy atom. The summed E-state index contributed by atoms with van der Waals surface area (Å²) < 4.78 is 33.2. The van der Waals surface area contributed by atoms with E-state index in [-0.39, 0.29) is 11.8 Å². The standard InChI is InChI=1S/C18H12N6O6/c1-6-27-21-11(1)14-18(12-2-7-28-22-12,17-20-5-10-26-17)24(13-3-8-29-23-13)16(30-14)15-19-4-9-25-15/h1-10,14,16H. The molecule has 1 fully saturated rings. The van der Waals surface area contributed by atoms with Crippen molar-refractivity contribution in [2.24, 2.45) is 0 Å². The Morgan fingerprint density at radius 3 is 2.27 bits per heavy atom. The maximum atomic E-state index is 6.43. The zero-order chi connectivity index (χ0) is 20.0. The van der Waals surface area contributed by atoms with Gasteiger partial charge in [0.15, 0.2) is 11.4 Å². The van der Waals surface area contributed by atoms with Crippen LogP contribution < -0.4 is 4.90 Å². The van der Waals surface area contributed by atoms with E-state index in [1.807, 2.05) is 0 Å². The van der Waals surface area contributed by atoms with Gasteiger partial charge in [-0.05, 0) is 0 Å². The van der Waals surface area contributed by atoms with E-state index in [0.29, 0.717) is 17.2 Å². The van der Waals surface area contributed by atoms with Crippen LogP contribution in [0.1, 0.15) is 35.5 Å². The Balaban J connectivity index is 1.68. The molecule has 12 heteroatoms. The summed E-state index contributed by atoms with van der Waals surface area (Å²) >= 11 is 0. The summed E-state index contributed by atoms with van der Waals surface area (Å²) in [6.07, 6.45) is 8.61. The van der Waals surface area contributed by atoms with Gasteiger partial charge in [0, 0.05) is 18.2 Å². The zero-order valence-corrected chi connectivity index (χ0v) is 15.1. The van der Waals surface area contributed by atoms with Gasteiger partial charge in [-0.25, -0.2) is 9.97 Å². The number of oxazole rings is 2. The quantitative estimate of drug-likeness (QED) is 0.422. The van der Waals surface area contributed by atoms with Gasteiger partial charge in [0.05, 0.1) is 12.4 Å². The molecule has 6 heterocycles. The summed E-state index contributed by atoms with van der Waals surface area (Å²) in [7, 11) is 0. The fourth-order valence-corrected chi connectivity index (χ4v) is 3.80. The van der Waals surface area contributed by atoms with Crippen molar-refractivity contribution in [3.8, 4) is 0 Å². The van der Waals surface area contributed by atoms with Crippen LogP contribution in [0, 0.1) is 0 Å². The van der Waals surface area contributed by atoms with Crippen LogP contribution >= 0.6 is 0 Å². The van der Waals surface area contributed by atoms with E-state index in [2.05, 4.69) is 25.4 Å². The molecule has 1 aliphatic rings. The molecule has 6 rings (SSSR count). The highest BCUT2D eigenvalue weighted by molar-refractivity contribution is 5.52. The molecule has 0 aliphatic carbocycles. The largest absolute Gasteiger partial charge is 0.446 e. The van der Waals surface area contributed by atoms with Crippen molar-refractivity contribution in [2.75, 3.05) is 4.90 Å². The lowest BCUT2D eigenvalue weighted by molar-refractivity contribution is 0.0107. The van der Waals surface area contributed by atoms with Crippen molar-refractivity contribution in [3.05, 3.63) is 85.1 Å². The Labute approximate surface area is 167 Å². The van der Waals surface area contributed by atoms with Gasteiger partial charge in [-0.3, -0.25) is 4.90 Å². The van der Waals surface area contributed by atoms with Crippen LogP contribution in [0.3, 0.4) is 0 Å². The SMILES string of the molecule is c1coc(C2OC(c3ccon3)C(c3ccon3)(c3ncco3)N2c2ccon2)n1. The van der Waals surface area contributed by atoms with E-state index in [9.17, 15) is 0 Å². The smallest absolute Gasteiger partial charge is 0.245 e. The van der Waals surface area contributed by atoms with Crippen molar-refractivity contribution < 1.29 is 27.1 Å². The van der Waals surface area contributed by atoms with Crippen molar-refractivity contribution in [1.29, 1.82) is 0 Å². The fourth-order valence-electron chi connectivity index (χ4n) is 3.80. The Morgan fingerprint density at radius 2 is 1.60 bits per heavy atom. The first-order valence-corrected chi connectivity index (χ1v) is 8.84. The maximum absolute atomic E-state index is 6.43. The average Bonchev–Trinajstić information content (AvgIpc) is 3.62. The normalized spacial score (nSPS) is 23.9. The third-order valence-electron chi connectivity index (χ3n) is 4.91. The van der Waals surface area contributed by atoms with Crippen LogP contribution in [-0.2, 0) is 10.3 Å². The first kappa shape index (κ1) is 16.7. The molecule has 3 atom stereocenters. The predicted molar refractivity (Wildman–Crippen MR) is 92.3 cm³/mol. The number of rotatable bonds is 5. The monoisotopic (exact) mass is 408 g/mol. The number of ether oxygens (including phenoxy) is 1. The van der Waals surface area contributed by atoms with Gasteiger partial charge in [-0.2, -0.15) is 0 Å². The highest BCUT2D eigenvalue weighted by Gasteiger charge is 2.65. The van der Waals surface area contributed by atoms with Crippen LogP contribution in [0.4, 0.5) is 5.82 Å². The van der Waals surface area contributed by atoms with Gasteiger partial charge in [0.2, 0.25) is 18.0 Å². The molecule has 3 unspecified atom stereocenters. The molecular formula is C18H12N6O6. The van der Waals surface area contributed by atoms with E-state index in [1.54, 1.807) is 23.1 Å². The molecule has 1 aliphatic heterocycles. The van der Waals surface area contributed by atoms with Crippen LogP contribution in [0.15, 0.2) is 84.3 Å². The second-order valence-corrected chi connectivity index (χ2v) is 6.38. The van der Waals surface area contributed by atoms with Crippen molar-refractivity contribution in [3.63, 3.8) is 0 Å².